The van der Waals surface area contributed by atoms with E-state index < -0.39 is 17.7 Å². The van der Waals surface area contributed by atoms with Crippen LogP contribution in [-0.2, 0) is 0 Å². The molecule has 0 heterocycles. The minimum Gasteiger partial charge on any atom is -0.507 e. The van der Waals surface area contributed by atoms with E-state index in [0.717, 1.165) is 11.6 Å². The van der Waals surface area contributed by atoms with Crippen LogP contribution in [0.25, 0.3) is 0 Å². The molecule has 0 amide bonds. The van der Waals surface area contributed by atoms with Crippen LogP contribution in [0, 0.1) is 25.5 Å². The molecular formula is C16H17F2NO. The zero-order valence-electron chi connectivity index (χ0n) is 11.7. The predicted molar refractivity (Wildman–Crippen MR) is 76.0 cm³/mol. The van der Waals surface area contributed by atoms with E-state index in [4.69, 9.17) is 0 Å². The molecule has 0 aliphatic carbocycles. The Morgan fingerprint density at radius 1 is 1.10 bits per heavy atom. The molecule has 1 atom stereocenters. The van der Waals surface area contributed by atoms with Gasteiger partial charge >= 0.3 is 0 Å². The number of aromatic hydroxyl groups is 1. The van der Waals surface area contributed by atoms with Crippen molar-refractivity contribution < 1.29 is 13.9 Å². The highest BCUT2D eigenvalue weighted by Crippen LogP contribution is 2.31. The molecule has 0 aliphatic rings. The predicted octanol–water partition coefficient (Wildman–Crippen LogP) is 4.46. The molecule has 0 aliphatic heterocycles. The number of nitrogens with one attached hydrogen (secondary N) is 1. The fraction of sp³-hybridized carbons (Fsp3) is 0.250. The Bertz CT molecular complexity index is 641. The lowest BCUT2D eigenvalue weighted by atomic mass is 10.0. The number of anilines is 1. The Hall–Kier alpha value is -2.10. The summed E-state index contributed by atoms with van der Waals surface area (Å²) in [6, 6.07) is 7.29. The SMILES string of the molecule is Cc1ccc(NC(C)c2cccc(F)c2F)c(C)c1O. The van der Waals surface area contributed by atoms with Gasteiger partial charge < -0.3 is 10.4 Å². The van der Waals surface area contributed by atoms with Crippen LogP contribution < -0.4 is 5.32 Å². The molecule has 0 radical (unpaired) electrons. The van der Waals surface area contributed by atoms with Crippen LogP contribution in [0.15, 0.2) is 30.3 Å². The number of hydrogen-bond donors (Lipinski definition) is 2. The lowest BCUT2D eigenvalue weighted by Crippen LogP contribution is -2.10. The van der Waals surface area contributed by atoms with Crippen LogP contribution in [-0.4, -0.2) is 5.11 Å². The van der Waals surface area contributed by atoms with Crippen molar-refractivity contribution in [1.29, 1.82) is 0 Å². The maximum Gasteiger partial charge on any atom is 0.164 e. The summed E-state index contributed by atoms with van der Waals surface area (Å²) in [5, 5.41) is 13.0. The number of phenols is 1. The lowest BCUT2D eigenvalue weighted by molar-refractivity contribution is 0.467. The Kier molecular flexibility index (Phi) is 3.93. The molecule has 2 rings (SSSR count). The minimum atomic E-state index is -0.861. The van der Waals surface area contributed by atoms with Crippen LogP contribution in [0.2, 0.25) is 0 Å². The zero-order valence-corrected chi connectivity index (χ0v) is 11.7. The molecule has 2 nitrogen and oxygen atoms in total. The molecule has 0 spiro atoms. The smallest absolute Gasteiger partial charge is 0.164 e. The molecule has 0 saturated heterocycles. The summed E-state index contributed by atoms with van der Waals surface area (Å²) in [6.07, 6.45) is 0. The quantitative estimate of drug-likeness (QED) is 0.868. The van der Waals surface area contributed by atoms with E-state index in [1.165, 1.54) is 6.07 Å². The van der Waals surface area contributed by atoms with Crippen LogP contribution in [0.3, 0.4) is 0 Å². The van der Waals surface area contributed by atoms with Crippen molar-refractivity contribution in [3.05, 3.63) is 58.7 Å². The molecule has 2 aromatic rings. The first-order chi connectivity index (χ1) is 9.41. The van der Waals surface area contributed by atoms with E-state index >= 15 is 0 Å². The highest BCUT2D eigenvalue weighted by molar-refractivity contribution is 5.59. The first kappa shape index (κ1) is 14.3. The Morgan fingerprint density at radius 3 is 2.50 bits per heavy atom. The van der Waals surface area contributed by atoms with Gasteiger partial charge in [0.25, 0.3) is 0 Å². The van der Waals surface area contributed by atoms with Gasteiger partial charge in [0.2, 0.25) is 0 Å². The second kappa shape index (κ2) is 5.49. The third-order valence-corrected chi connectivity index (χ3v) is 3.45. The number of aryl methyl sites for hydroxylation is 1. The van der Waals surface area contributed by atoms with Crippen LogP contribution in [0.1, 0.15) is 29.7 Å². The number of phenolic OH excluding ortho intramolecular Hbond substituents is 1. The number of benzene rings is 2. The van der Waals surface area contributed by atoms with E-state index in [9.17, 15) is 13.9 Å². The summed E-state index contributed by atoms with van der Waals surface area (Å²) < 4.78 is 27.0. The van der Waals surface area contributed by atoms with Gasteiger partial charge in [0.05, 0.1) is 6.04 Å². The highest BCUT2D eigenvalue weighted by atomic mass is 19.2. The van der Waals surface area contributed by atoms with Crippen molar-refractivity contribution in [2.75, 3.05) is 5.32 Å². The Labute approximate surface area is 117 Å². The van der Waals surface area contributed by atoms with Gasteiger partial charge in [0.15, 0.2) is 11.6 Å². The molecule has 0 bridgehead atoms. The van der Waals surface area contributed by atoms with Crippen molar-refractivity contribution in [3.8, 4) is 5.75 Å². The molecule has 20 heavy (non-hydrogen) atoms. The number of rotatable bonds is 3. The maximum atomic E-state index is 13.7. The molecule has 4 heteroatoms. The van der Waals surface area contributed by atoms with E-state index in [1.807, 2.05) is 13.0 Å². The monoisotopic (exact) mass is 277 g/mol. The summed E-state index contributed by atoms with van der Waals surface area (Å²) in [4.78, 5) is 0. The molecule has 2 aromatic carbocycles. The molecular weight excluding hydrogens is 260 g/mol. The topological polar surface area (TPSA) is 32.3 Å². The average Bonchev–Trinajstić information content (AvgIpc) is 2.42. The van der Waals surface area contributed by atoms with Gasteiger partial charge in [-0.2, -0.15) is 0 Å². The second-order valence-corrected chi connectivity index (χ2v) is 4.91. The van der Waals surface area contributed by atoms with E-state index in [-0.39, 0.29) is 11.3 Å². The van der Waals surface area contributed by atoms with Gasteiger partial charge in [0.1, 0.15) is 5.75 Å². The second-order valence-electron chi connectivity index (χ2n) is 4.91. The minimum absolute atomic E-state index is 0.210. The molecule has 1 unspecified atom stereocenters. The summed E-state index contributed by atoms with van der Waals surface area (Å²) >= 11 is 0. The van der Waals surface area contributed by atoms with Crippen LogP contribution in [0.4, 0.5) is 14.5 Å². The maximum absolute atomic E-state index is 13.7. The van der Waals surface area contributed by atoms with Crippen molar-refractivity contribution in [1.82, 2.24) is 0 Å². The fourth-order valence-corrected chi connectivity index (χ4v) is 2.16. The first-order valence-corrected chi connectivity index (χ1v) is 6.41. The number of hydrogen-bond acceptors (Lipinski definition) is 2. The standard InChI is InChI=1S/C16H17F2NO/c1-9-7-8-14(10(2)16(9)20)19-11(3)12-5-4-6-13(17)15(12)18/h4-8,11,19-20H,1-3H3. The van der Waals surface area contributed by atoms with Gasteiger partial charge in [-0.25, -0.2) is 8.78 Å². The third kappa shape index (κ3) is 2.59. The van der Waals surface area contributed by atoms with Gasteiger partial charge in [-0.3, -0.25) is 0 Å². The largest absolute Gasteiger partial charge is 0.507 e. The number of halogens is 2. The normalized spacial score (nSPS) is 12.2. The van der Waals surface area contributed by atoms with Crippen molar-refractivity contribution in [2.45, 2.75) is 26.8 Å². The van der Waals surface area contributed by atoms with Gasteiger partial charge in [-0.1, -0.05) is 18.2 Å². The van der Waals surface area contributed by atoms with Crippen molar-refractivity contribution in [2.24, 2.45) is 0 Å². The van der Waals surface area contributed by atoms with E-state index in [2.05, 4.69) is 5.32 Å². The van der Waals surface area contributed by atoms with Gasteiger partial charge in [-0.05, 0) is 38.5 Å². The molecule has 106 valence electrons. The van der Waals surface area contributed by atoms with E-state index in [1.54, 1.807) is 26.0 Å². The van der Waals surface area contributed by atoms with Crippen molar-refractivity contribution in [3.63, 3.8) is 0 Å². The molecule has 0 fully saturated rings. The molecule has 0 saturated carbocycles. The van der Waals surface area contributed by atoms with Crippen LogP contribution >= 0.6 is 0 Å². The summed E-state index contributed by atoms with van der Waals surface area (Å²) in [7, 11) is 0. The van der Waals surface area contributed by atoms with Gasteiger partial charge in [-0.15, -0.1) is 0 Å². The first-order valence-electron chi connectivity index (χ1n) is 6.41. The molecule has 2 N–H and O–H groups in total. The zero-order chi connectivity index (χ0) is 14.9. The summed E-state index contributed by atoms with van der Waals surface area (Å²) in [5.41, 5.74) is 2.42. The van der Waals surface area contributed by atoms with Crippen LogP contribution in [0.5, 0.6) is 5.75 Å². The Morgan fingerprint density at radius 2 is 1.80 bits per heavy atom. The highest BCUT2D eigenvalue weighted by Gasteiger charge is 2.15. The van der Waals surface area contributed by atoms with E-state index in [0.29, 0.717) is 11.3 Å². The summed E-state index contributed by atoms with van der Waals surface area (Å²) in [6.45, 7) is 5.33. The lowest BCUT2D eigenvalue weighted by Gasteiger charge is -2.19. The fourth-order valence-electron chi connectivity index (χ4n) is 2.16. The van der Waals surface area contributed by atoms with Gasteiger partial charge in [0, 0.05) is 16.8 Å². The average molecular weight is 277 g/mol. The third-order valence-electron chi connectivity index (χ3n) is 3.45. The Balaban J connectivity index is 2.30. The summed E-state index contributed by atoms with van der Waals surface area (Å²) in [5.74, 6) is -1.50. The molecule has 0 aromatic heterocycles. The van der Waals surface area contributed by atoms with Crippen molar-refractivity contribution >= 4 is 5.69 Å².